The van der Waals surface area contributed by atoms with Crippen molar-refractivity contribution in [3.63, 3.8) is 0 Å². The van der Waals surface area contributed by atoms with Crippen LogP contribution in [0.1, 0.15) is 13.8 Å². The predicted octanol–water partition coefficient (Wildman–Crippen LogP) is 2.17. The number of nitrogen functional groups attached to an aromatic ring is 1. The van der Waals surface area contributed by atoms with Crippen molar-refractivity contribution in [3.8, 4) is 11.4 Å². The van der Waals surface area contributed by atoms with Crippen LogP contribution in [-0.2, 0) is 0 Å². The van der Waals surface area contributed by atoms with Crippen LogP contribution in [0.2, 0.25) is 0 Å². The van der Waals surface area contributed by atoms with Crippen LogP contribution in [0.3, 0.4) is 0 Å². The molecule has 2 aromatic rings. The first-order valence-corrected chi connectivity index (χ1v) is 6.36. The van der Waals surface area contributed by atoms with E-state index >= 15 is 0 Å². The average molecular weight is 263 g/mol. The lowest BCUT2D eigenvalue weighted by molar-refractivity contribution is 0.866. The van der Waals surface area contributed by atoms with Crippen LogP contribution in [0.15, 0.2) is 24.3 Å². The van der Waals surface area contributed by atoms with Gasteiger partial charge < -0.3 is 10.7 Å². The van der Waals surface area contributed by atoms with E-state index in [1.807, 2.05) is 12.1 Å². The topological polar surface area (TPSA) is 62.9 Å². The van der Waals surface area contributed by atoms with Gasteiger partial charge in [-0.1, -0.05) is 0 Å². The molecule has 0 aliphatic carbocycles. The fraction of sp³-hybridized carbons (Fsp3) is 0.333. The number of nitrogens with one attached hydrogen (secondary N) is 1. The molecule has 1 aromatic heterocycles. The van der Waals surface area contributed by atoms with Gasteiger partial charge in [0.05, 0.1) is 0 Å². The maximum absolute atomic E-state index is 5.79. The molecule has 0 aliphatic rings. The first kappa shape index (κ1) is 12.6. The van der Waals surface area contributed by atoms with Gasteiger partial charge >= 0.3 is 0 Å². The molecule has 0 saturated heterocycles. The van der Waals surface area contributed by atoms with Gasteiger partial charge in [-0.3, -0.25) is 0 Å². The normalized spacial score (nSPS) is 10.6. The highest BCUT2D eigenvalue weighted by atomic mass is 32.1. The Balaban J connectivity index is 2.33. The summed E-state index contributed by atoms with van der Waals surface area (Å²) in [5, 5.41) is 6.78. The lowest BCUT2D eigenvalue weighted by Crippen LogP contribution is -2.21. The van der Waals surface area contributed by atoms with Crippen molar-refractivity contribution in [2.75, 3.05) is 23.8 Å². The van der Waals surface area contributed by atoms with Crippen LogP contribution in [0.4, 0.5) is 5.69 Å². The van der Waals surface area contributed by atoms with Gasteiger partial charge in [-0.25, -0.2) is 9.77 Å². The fourth-order valence-corrected chi connectivity index (χ4v) is 2.05. The van der Waals surface area contributed by atoms with Gasteiger partial charge in [0, 0.05) is 24.3 Å². The first-order valence-electron chi connectivity index (χ1n) is 5.95. The number of benzene rings is 1. The first-order chi connectivity index (χ1) is 8.67. The van der Waals surface area contributed by atoms with E-state index in [0.29, 0.717) is 10.6 Å². The van der Waals surface area contributed by atoms with Crippen LogP contribution in [0.25, 0.3) is 11.4 Å². The Hall–Kier alpha value is -1.82. The van der Waals surface area contributed by atoms with E-state index in [0.717, 1.165) is 18.7 Å². The number of nitrogens with two attached hydrogens (primary N) is 1. The number of hydrogen-bond donors (Lipinski definition) is 2. The predicted molar refractivity (Wildman–Crippen MR) is 76.6 cm³/mol. The maximum Gasteiger partial charge on any atom is 0.214 e. The largest absolute Gasteiger partial charge is 0.372 e. The standard InChI is InChI=1S/C12H17N5S/c1-3-16(4-2)10-7-5-9(6-8-10)11-14-15-12(18)17(11)13/h5-8H,3-4,13H2,1-2H3,(H,15,18). The second-order valence-electron chi connectivity index (χ2n) is 3.94. The molecule has 0 aliphatic heterocycles. The van der Waals surface area contributed by atoms with Crippen LogP contribution in [0.5, 0.6) is 0 Å². The summed E-state index contributed by atoms with van der Waals surface area (Å²) in [7, 11) is 0. The van der Waals surface area contributed by atoms with Gasteiger partial charge in [0.25, 0.3) is 0 Å². The molecule has 0 amide bonds. The molecule has 1 heterocycles. The Labute approximate surface area is 111 Å². The Bertz CT molecular complexity index is 565. The zero-order chi connectivity index (χ0) is 13.1. The van der Waals surface area contributed by atoms with Crippen LogP contribution < -0.4 is 10.7 Å². The average Bonchev–Trinajstić information content (AvgIpc) is 2.73. The van der Waals surface area contributed by atoms with E-state index in [1.54, 1.807) is 0 Å². The van der Waals surface area contributed by atoms with Crippen LogP contribution in [-0.4, -0.2) is 28.0 Å². The van der Waals surface area contributed by atoms with E-state index < -0.39 is 0 Å². The highest BCUT2D eigenvalue weighted by Crippen LogP contribution is 2.20. The molecular weight excluding hydrogens is 246 g/mol. The number of aromatic amines is 1. The summed E-state index contributed by atoms with van der Waals surface area (Å²) in [6.45, 7) is 6.27. The van der Waals surface area contributed by atoms with Crippen molar-refractivity contribution in [2.45, 2.75) is 13.8 Å². The Kier molecular flexibility index (Phi) is 3.66. The molecule has 0 atom stereocenters. The van der Waals surface area contributed by atoms with Gasteiger partial charge in [0.1, 0.15) is 0 Å². The lowest BCUT2D eigenvalue weighted by Gasteiger charge is -2.20. The van der Waals surface area contributed by atoms with Crippen molar-refractivity contribution in [3.05, 3.63) is 29.0 Å². The summed E-state index contributed by atoms with van der Waals surface area (Å²) in [5.74, 6) is 6.44. The van der Waals surface area contributed by atoms with Gasteiger partial charge in [0.15, 0.2) is 5.82 Å². The van der Waals surface area contributed by atoms with Crippen molar-refractivity contribution in [1.82, 2.24) is 14.9 Å². The van der Waals surface area contributed by atoms with E-state index in [9.17, 15) is 0 Å². The summed E-state index contributed by atoms with van der Waals surface area (Å²) in [6, 6.07) is 8.14. The smallest absolute Gasteiger partial charge is 0.214 e. The third-order valence-corrected chi connectivity index (χ3v) is 3.25. The molecule has 0 unspecified atom stereocenters. The SMILES string of the molecule is CCN(CC)c1ccc(-c2n[nH]c(=S)n2N)cc1. The van der Waals surface area contributed by atoms with Crippen molar-refractivity contribution in [2.24, 2.45) is 0 Å². The molecule has 6 heteroatoms. The molecule has 0 radical (unpaired) electrons. The number of anilines is 1. The zero-order valence-corrected chi connectivity index (χ0v) is 11.4. The van der Waals surface area contributed by atoms with Crippen molar-refractivity contribution in [1.29, 1.82) is 0 Å². The lowest BCUT2D eigenvalue weighted by atomic mass is 10.2. The number of nitrogens with zero attached hydrogens (tertiary/aromatic N) is 3. The Morgan fingerprint density at radius 2 is 1.89 bits per heavy atom. The van der Waals surface area contributed by atoms with Gasteiger partial charge in [-0.05, 0) is 50.3 Å². The second kappa shape index (κ2) is 5.22. The third-order valence-electron chi connectivity index (χ3n) is 2.96. The minimum atomic E-state index is 0.415. The summed E-state index contributed by atoms with van der Waals surface area (Å²) in [5.41, 5.74) is 2.14. The Morgan fingerprint density at radius 1 is 1.28 bits per heavy atom. The second-order valence-corrected chi connectivity index (χ2v) is 4.33. The van der Waals surface area contributed by atoms with E-state index in [4.69, 9.17) is 18.1 Å². The summed E-state index contributed by atoms with van der Waals surface area (Å²) in [6.07, 6.45) is 0. The molecule has 5 nitrogen and oxygen atoms in total. The molecule has 18 heavy (non-hydrogen) atoms. The number of aromatic nitrogens is 3. The molecule has 3 N–H and O–H groups in total. The highest BCUT2D eigenvalue weighted by Gasteiger charge is 2.07. The highest BCUT2D eigenvalue weighted by molar-refractivity contribution is 7.71. The molecule has 2 rings (SSSR count). The summed E-state index contributed by atoms with van der Waals surface area (Å²) < 4.78 is 1.79. The van der Waals surface area contributed by atoms with Gasteiger partial charge in [-0.2, -0.15) is 5.10 Å². The molecule has 0 bridgehead atoms. The van der Waals surface area contributed by atoms with E-state index in [2.05, 4.69) is 41.1 Å². The number of rotatable bonds is 4. The van der Waals surface area contributed by atoms with Crippen molar-refractivity contribution < 1.29 is 0 Å². The monoisotopic (exact) mass is 263 g/mol. The molecule has 0 fully saturated rings. The van der Waals surface area contributed by atoms with E-state index in [1.165, 1.54) is 10.4 Å². The zero-order valence-electron chi connectivity index (χ0n) is 10.6. The number of H-pyrrole nitrogens is 1. The van der Waals surface area contributed by atoms with Crippen LogP contribution in [0, 0.1) is 4.77 Å². The molecule has 96 valence electrons. The maximum atomic E-state index is 5.79. The van der Waals surface area contributed by atoms with E-state index in [-0.39, 0.29) is 0 Å². The van der Waals surface area contributed by atoms with Gasteiger partial charge in [0.2, 0.25) is 4.77 Å². The Morgan fingerprint density at radius 3 is 2.33 bits per heavy atom. The minimum absolute atomic E-state index is 0.415. The van der Waals surface area contributed by atoms with Crippen molar-refractivity contribution >= 4 is 17.9 Å². The van der Waals surface area contributed by atoms with Crippen LogP contribution >= 0.6 is 12.2 Å². The quantitative estimate of drug-likeness (QED) is 0.655. The molecule has 0 saturated carbocycles. The van der Waals surface area contributed by atoms with Gasteiger partial charge in [-0.15, -0.1) is 0 Å². The minimum Gasteiger partial charge on any atom is -0.372 e. The summed E-state index contributed by atoms with van der Waals surface area (Å²) >= 11 is 4.99. The third kappa shape index (κ3) is 2.24. The fourth-order valence-electron chi connectivity index (χ4n) is 1.92. The molecule has 1 aromatic carbocycles. The molecule has 0 spiro atoms. The number of hydrogen-bond acceptors (Lipinski definition) is 4. The summed E-state index contributed by atoms with van der Waals surface area (Å²) in [4.78, 5) is 2.28. The molecular formula is C12H17N5S.